The van der Waals surface area contributed by atoms with Crippen molar-refractivity contribution in [2.45, 2.75) is 24.1 Å². The number of unbranched alkanes of at least 4 members (excludes halogenated alkanes) is 1. The maximum absolute atomic E-state index is 13.1. The monoisotopic (exact) mass is 544 g/mol. The van der Waals surface area contributed by atoms with Crippen molar-refractivity contribution >= 4 is 56.5 Å². The van der Waals surface area contributed by atoms with E-state index >= 15 is 0 Å². The fraction of sp³-hybridized carbons (Fsp3) is 0.217. The van der Waals surface area contributed by atoms with Crippen LogP contribution >= 0.6 is 34.4 Å². The second kappa shape index (κ2) is 12.5. The Morgan fingerprint density at radius 3 is 2.42 bits per heavy atom. The van der Waals surface area contributed by atoms with Crippen LogP contribution in [0.1, 0.15) is 30.1 Å². The molecule has 0 bridgehead atoms. The third-order valence-corrected chi connectivity index (χ3v) is 7.46. The molecule has 13 heteroatoms. The zero-order valence-corrected chi connectivity index (χ0v) is 21.5. The van der Waals surface area contributed by atoms with Gasteiger partial charge in [0.2, 0.25) is 16.2 Å². The molecule has 0 saturated carbocycles. The van der Waals surface area contributed by atoms with Gasteiger partial charge >= 0.3 is 0 Å². The van der Waals surface area contributed by atoms with Crippen LogP contribution in [0.2, 0.25) is 0 Å². The smallest absolute Gasteiger partial charge is 0.257 e. The average molecular weight is 545 g/mol. The van der Waals surface area contributed by atoms with Gasteiger partial charge in [0.05, 0.1) is 12.4 Å². The Hall–Kier alpha value is -3.42. The Labute approximate surface area is 218 Å². The Morgan fingerprint density at radius 2 is 1.67 bits per heavy atom. The van der Waals surface area contributed by atoms with Crippen molar-refractivity contribution in [3.8, 4) is 16.3 Å². The number of anilines is 2. The van der Waals surface area contributed by atoms with Crippen LogP contribution in [0.5, 0.6) is 5.75 Å². The van der Waals surface area contributed by atoms with E-state index in [-0.39, 0.29) is 23.4 Å². The van der Waals surface area contributed by atoms with Crippen LogP contribution < -0.4 is 15.4 Å². The number of carbonyl (C=O) groups is 2. The van der Waals surface area contributed by atoms with Gasteiger partial charge in [-0.1, -0.05) is 47.8 Å². The van der Waals surface area contributed by atoms with Crippen molar-refractivity contribution in [2.75, 3.05) is 23.0 Å². The predicted molar refractivity (Wildman–Crippen MR) is 139 cm³/mol. The number of carbonyl (C=O) groups excluding carboxylic acids is 2. The summed E-state index contributed by atoms with van der Waals surface area (Å²) in [6, 6.07) is 12.8. The molecule has 4 aromatic rings. The van der Waals surface area contributed by atoms with E-state index in [1.165, 1.54) is 46.6 Å². The molecule has 2 N–H and O–H groups in total. The molecule has 4 rings (SSSR count). The van der Waals surface area contributed by atoms with E-state index < -0.39 is 0 Å². The standard InChI is InChI=1S/C23H21FN6O3S3/c1-2-3-12-33-17-10-6-14(7-11-17)19(32)26-22-29-30-23(36-22)34-13-18(31)25-21-28-27-20(35-21)15-4-8-16(24)9-5-15/h4-11H,2-3,12-13H2,1H3,(H,25,28,31)(H,26,29,32). The van der Waals surface area contributed by atoms with Gasteiger partial charge in [0.15, 0.2) is 4.34 Å². The molecule has 0 unspecified atom stereocenters. The topological polar surface area (TPSA) is 119 Å². The number of nitrogens with one attached hydrogen (secondary N) is 2. The Kier molecular flexibility index (Phi) is 8.92. The molecule has 2 amide bonds. The van der Waals surface area contributed by atoms with Gasteiger partial charge in [0.1, 0.15) is 16.6 Å². The molecule has 0 atom stereocenters. The lowest BCUT2D eigenvalue weighted by atomic mass is 10.2. The molecular formula is C23H21FN6O3S3. The molecule has 0 spiro atoms. The highest BCUT2D eigenvalue weighted by atomic mass is 32.2. The van der Waals surface area contributed by atoms with Crippen molar-refractivity contribution in [2.24, 2.45) is 0 Å². The minimum absolute atomic E-state index is 0.0769. The minimum atomic E-state index is -0.338. The number of amides is 2. The summed E-state index contributed by atoms with van der Waals surface area (Å²) >= 11 is 3.55. The summed E-state index contributed by atoms with van der Waals surface area (Å²) < 4.78 is 19.2. The molecule has 9 nitrogen and oxygen atoms in total. The molecule has 2 heterocycles. The van der Waals surface area contributed by atoms with Crippen LogP contribution in [0.25, 0.3) is 10.6 Å². The van der Waals surface area contributed by atoms with Crippen molar-refractivity contribution < 1.29 is 18.7 Å². The molecule has 0 aliphatic carbocycles. The van der Waals surface area contributed by atoms with E-state index in [9.17, 15) is 14.0 Å². The van der Waals surface area contributed by atoms with Gasteiger partial charge in [-0.2, -0.15) is 0 Å². The maximum atomic E-state index is 13.1. The van der Waals surface area contributed by atoms with Crippen molar-refractivity contribution in [3.63, 3.8) is 0 Å². The van der Waals surface area contributed by atoms with Crippen molar-refractivity contribution in [1.82, 2.24) is 20.4 Å². The number of hydrogen-bond acceptors (Lipinski definition) is 10. The van der Waals surface area contributed by atoms with Gasteiger partial charge in [-0.25, -0.2) is 4.39 Å². The van der Waals surface area contributed by atoms with Gasteiger partial charge in [-0.15, -0.1) is 20.4 Å². The summed E-state index contributed by atoms with van der Waals surface area (Å²) in [5, 5.41) is 22.6. The van der Waals surface area contributed by atoms with Crippen LogP contribution in [0.3, 0.4) is 0 Å². The highest BCUT2D eigenvalue weighted by Crippen LogP contribution is 2.28. The number of aromatic nitrogens is 4. The molecule has 0 radical (unpaired) electrons. The van der Waals surface area contributed by atoms with Crippen molar-refractivity contribution in [1.29, 1.82) is 0 Å². The van der Waals surface area contributed by atoms with Crippen LogP contribution in [0.15, 0.2) is 52.9 Å². The largest absolute Gasteiger partial charge is 0.494 e. The van der Waals surface area contributed by atoms with Crippen LogP contribution in [-0.2, 0) is 4.79 Å². The number of halogens is 1. The molecule has 0 aliphatic heterocycles. The lowest BCUT2D eigenvalue weighted by Crippen LogP contribution is -2.13. The molecule has 0 fully saturated rings. The molecule has 0 aliphatic rings. The summed E-state index contributed by atoms with van der Waals surface area (Å²) in [6.07, 6.45) is 2.03. The lowest BCUT2D eigenvalue weighted by Gasteiger charge is -2.06. The van der Waals surface area contributed by atoms with E-state index in [4.69, 9.17) is 4.74 Å². The molecule has 0 saturated heterocycles. The highest BCUT2D eigenvalue weighted by Gasteiger charge is 2.14. The second-order valence-corrected chi connectivity index (χ2v) is 10.5. The summed E-state index contributed by atoms with van der Waals surface area (Å²) in [5.74, 6) is -0.145. The van der Waals surface area contributed by atoms with Crippen molar-refractivity contribution in [3.05, 3.63) is 59.9 Å². The quantitative estimate of drug-likeness (QED) is 0.147. The average Bonchev–Trinajstić information content (AvgIpc) is 3.53. The molecule has 186 valence electrons. The third kappa shape index (κ3) is 7.29. The van der Waals surface area contributed by atoms with Gasteiger partial charge in [-0.3, -0.25) is 20.2 Å². The number of thioether (sulfide) groups is 1. The summed E-state index contributed by atoms with van der Waals surface area (Å²) in [6.45, 7) is 2.74. The van der Waals surface area contributed by atoms with E-state index in [2.05, 4.69) is 38.0 Å². The zero-order valence-electron chi connectivity index (χ0n) is 19.1. The predicted octanol–water partition coefficient (Wildman–Crippen LogP) is 5.36. The first kappa shape index (κ1) is 25.7. The van der Waals surface area contributed by atoms with Crippen LogP contribution in [0.4, 0.5) is 14.7 Å². The fourth-order valence-corrected chi connectivity index (χ4v) is 5.10. The number of benzene rings is 2. The van der Waals surface area contributed by atoms with Gasteiger partial charge in [-0.05, 0) is 55.0 Å². The van der Waals surface area contributed by atoms with E-state index in [1.807, 2.05) is 0 Å². The summed E-state index contributed by atoms with van der Waals surface area (Å²) in [5.41, 5.74) is 1.18. The maximum Gasteiger partial charge on any atom is 0.257 e. The number of rotatable bonds is 11. The fourth-order valence-electron chi connectivity index (χ4n) is 2.79. The van der Waals surface area contributed by atoms with E-state index in [0.717, 1.165) is 12.8 Å². The molecule has 36 heavy (non-hydrogen) atoms. The Morgan fingerprint density at radius 1 is 0.944 bits per heavy atom. The first-order valence-corrected chi connectivity index (χ1v) is 13.5. The Balaban J connectivity index is 1.23. The van der Waals surface area contributed by atoms with E-state index in [1.54, 1.807) is 36.4 Å². The van der Waals surface area contributed by atoms with Crippen LogP contribution in [-0.4, -0.2) is 44.6 Å². The minimum Gasteiger partial charge on any atom is -0.494 e. The van der Waals surface area contributed by atoms with Gasteiger partial charge in [0.25, 0.3) is 5.91 Å². The SMILES string of the molecule is CCCCOc1ccc(C(=O)Nc2nnc(SCC(=O)Nc3nnc(-c4ccc(F)cc4)s3)s2)cc1. The highest BCUT2D eigenvalue weighted by molar-refractivity contribution is 8.01. The zero-order chi connectivity index (χ0) is 25.3. The second-order valence-electron chi connectivity index (χ2n) is 7.31. The van der Waals surface area contributed by atoms with Gasteiger partial charge in [0, 0.05) is 11.1 Å². The van der Waals surface area contributed by atoms with E-state index in [0.29, 0.717) is 43.1 Å². The summed E-state index contributed by atoms with van der Waals surface area (Å²) in [4.78, 5) is 24.8. The number of ether oxygens (including phenoxy) is 1. The molecule has 2 aromatic heterocycles. The van der Waals surface area contributed by atoms with Gasteiger partial charge < -0.3 is 4.74 Å². The number of nitrogens with zero attached hydrogens (tertiary/aromatic N) is 4. The number of hydrogen-bond donors (Lipinski definition) is 2. The first-order chi connectivity index (χ1) is 17.5. The Bertz CT molecular complexity index is 1310. The third-order valence-electron chi connectivity index (χ3n) is 4.60. The van der Waals surface area contributed by atoms with Crippen LogP contribution in [0, 0.1) is 5.82 Å². The molecule has 2 aromatic carbocycles. The first-order valence-electron chi connectivity index (χ1n) is 10.9. The normalized spacial score (nSPS) is 10.7. The molecular weight excluding hydrogens is 523 g/mol. The summed E-state index contributed by atoms with van der Waals surface area (Å²) in [7, 11) is 0. The lowest BCUT2D eigenvalue weighted by molar-refractivity contribution is -0.113.